The van der Waals surface area contributed by atoms with Crippen LogP contribution in [0.3, 0.4) is 0 Å². The molecule has 0 aliphatic rings. The zero-order valence-electron chi connectivity index (χ0n) is 47.4. The first-order chi connectivity index (χ1) is 32.2. The summed E-state index contributed by atoms with van der Waals surface area (Å²) < 4.78 is 7.26. The number of rotatable bonds is 3. The molecule has 1 aromatic heterocycles. The zero-order valence-corrected chi connectivity index (χ0v) is 47.4. The lowest BCUT2D eigenvalue weighted by Gasteiger charge is -2.33. The summed E-state index contributed by atoms with van der Waals surface area (Å²) in [5, 5.41) is 10.9. The Hall–Kier alpha value is -3.97. The Kier molecular flexibility index (Phi) is 12.2. The molecule has 1 heterocycles. The van der Waals surface area contributed by atoms with Crippen LogP contribution in [0.15, 0.2) is 4.42 Å². The van der Waals surface area contributed by atoms with Crippen molar-refractivity contribution in [1.29, 1.82) is 0 Å². The van der Waals surface area contributed by atoms with E-state index in [1.807, 2.05) is 0 Å². The molecule has 0 saturated carbocycles. The molecule has 9 rings (SSSR count). The summed E-state index contributed by atoms with van der Waals surface area (Å²) in [5.41, 5.74) is 45.8. The third kappa shape index (κ3) is 6.41. The SMILES string of the molecule is Bc1c(B)c(B)c(-c2c(B)c(-c3c4c(B)c(B)c(B)c(B)c4c(-c4c(B)c(B)c(B)c5oc6c(B)c(B)c(B)c(B)c6c45)c4c(B)c(B)c(B)c(B)c34)c3c(B)c(B)c(B)c(B)c3c2B)c(B)c1B. The second-order valence-corrected chi connectivity index (χ2v) is 22.3. The molecule has 69 heavy (non-hydrogen) atoms. The molecule has 0 saturated heterocycles. The van der Waals surface area contributed by atoms with E-state index in [9.17, 15) is 0 Å². The van der Waals surface area contributed by atoms with Gasteiger partial charge in [-0.25, -0.2) is 0 Å². The van der Waals surface area contributed by atoms with Crippen molar-refractivity contribution in [1.82, 2.24) is 0 Å². The lowest BCUT2D eigenvalue weighted by Crippen LogP contribution is -2.56. The molecule has 0 N–H and O–H groups in total. The molecule has 27 heteroatoms. The van der Waals surface area contributed by atoms with Gasteiger partial charge in [-0.05, 0) is 65.7 Å². The largest absolute Gasteiger partial charge is 0.457 e. The van der Waals surface area contributed by atoms with E-state index >= 15 is 0 Å². The van der Waals surface area contributed by atoms with E-state index in [2.05, 4.69) is 204 Å². The Labute approximate surface area is 435 Å². The van der Waals surface area contributed by atoms with Gasteiger partial charge in [-0.15, -0.1) is 54.6 Å². The van der Waals surface area contributed by atoms with Gasteiger partial charge in [0.25, 0.3) is 0 Å². The molecule has 0 bridgehead atoms. The quantitative estimate of drug-likeness (QED) is 0.127. The van der Waals surface area contributed by atoms with Gasteiger partial charge < -0.3 is 4.42 Å². The standard InChI is InChI=1S/C42H52B26O/c43-15-3(9-11(23(51)32(60)31(59)22(9)50)16(44)12(15)13-24(52)33(61)37(65)34(62)25(13)53)1-4-6(19(47)29(57)27(55)17(4)45)2(7-5(1)18(46)28(56)30(58)20(7)48)8-10-14-26(54)35(63)38(66)40(68)42(14)69-41(10)39(67)36(64)21(8)49/h43-68H2. The summed E-state index contributed by atoms with van der Waals surface area (Å²) in [6.45, 7) is 0. The van der Waals surface area contributed by atoms with Crippen LogP contribution >= 0.6 is 0 Å². The molecular weight excluding hydrogens is 802 g/mol. The van der Waals surface area contributed by atoms with Crippen LogP contribution in [0.5, 0.6) is 0 Å². The van der Waals surface area contributed by atoms with Gasteiger partial charge in [0, 0.05) is 10.8 Å². The molecule has 0 amide bonds. The normalized spacial score (nSPS) is 11.8. The third-order valence-corrected chi connectivity index (χ3v) is 20.0. The van der Waals surface area contributed by atoms with Crippen molar-refractivity contribution in [3.8, 4) is 33.4 Å². The highest BCUT2D eigenvalue weighted by Crippen LogP contribution is 2.44. The average molecular weight is 854 g/mol. The monoisotopic (exact) mass is 859 g/mol. The summed E-state index contributed by atoms with van der Waals surface area (Å²) in [7, 11) is 61.6. The second-order valence-electron chi connectivity index (χ2n) is 22.3. The van der Waals surface area contributed by atoms with Gasteiger partial charge in [-0.1, -0.05) is 87.4 Å². The minimum atomic E-state index is 1.03. The second kappa shape index (κ2) is 16.8. The topological polar surface area (TPSA) is 13.1 Å². The summed E-state index contributed by atoms with van der Waals surface area (Å²) in [4.78, 5) is 0. The van der Waals surface area contributed by atoms with Gasteiger partial charge >= 0.3 is 0 Å². The molecule has 0 radical (unpaired) electrons. The number of hydrogen-bond acceptors (Lipinski definition) is 1. The number of hydrogen-bond donors (Lipinski definition) is 0. The van der Waals surface area contributed by atoms with Gasteiger partial charge in [0.1, 0.15) is 215 Å². The Morgan fingerprint density at radius 3 is 0.725 bits per heavy atom. The van der Waals surface area contributed by atoms with Crippen LogP contribution in [0.25, 0.3) is 87.6 Å². The maximum Gasteiger partial charge on any atom is 0.143 e. The molecule has 0 aliphatic heterocycles. The molecule has 1 nitrogen and oxygen atoms in total. The van der Waals surface area contributed by atoms with Crippen LogP contribution < -0.4 is 142 Å². The highest BCUT2D eigenvalue weighted by molar-refractivity contribution is 6.77. The van der Waals surface area contributed by atoms with Crippen LogP contribution in [0.4, 0.5) is 0 Å². The van der Waals surface area contributed by atoms with Crippen LogP contribution in [0.1, 0.15) is 0 Å². The Balaban J connectivity index is 1.72. The van der Waals surface area contributed by atoms with E-state index in [0.29, 0.717) is 0 Å². The Morgan fingerprint density at radius 1 is 0.130 bits per heavy atom. The first kappa shape index (κ1) is 50.0. The van der Waals surface area contributed by atoms with E-state index < -0.39 is 0 Å². The van der Waals surface area contributed by atoms with Crippen LogP contribution in [-0.2, 0) is 0 Å². The van der Waals surface area contributed by atoms with E-state index in [4.69, 9.17) is 4.42 Å². The van der Waals surface area contributed by atoms with Gasteiger partial charge in [-0.3, -0.25) is 0 Å². The van der Waals surface area contributed by atoms with Crippen molar-refractivity contribution in [2.75, 3.05) is 0 Å². The van der Waals surface area contributed by atoms with E-state index in [-0.39, 0.29) is 0 Å². The van der Waals surface area contributed by atoms with Crippen molar-refractivity contribution in [3.05, 3.63) is 0 Å². The molecule has 0 atom stereocenters. The fourth-order valence-electron chi connectivity index (χ4n) is 13.6. The summed E-state index contributed by atoms with van der Waals surface area (Å²) in [6, 6.07) is 0. The van der Waals surface area contributed by atoms with Crippen molar-refractivity contribution in [2.24, 2.45) is 0 Å². The molecule has 0 spiro atoms. The van der Waals surface area contributed by atoms with Crippen molar-refractivity contribution >= 4 is 400 Å². The number of furan rings is 1. The zero-order chi connectivity index (χ0) is 51.0. The van der Waals surface area contributed by atoms with Crippen LogP contribution in [0.2, 0.25) is 0 Å². The molecule has 0 aliphatic carbocycles. The molecule has 8 aromatic carbocycles. The summed E-state index contributed by atoms with van der Waals surface area (Å²) >= 11 is 0. The highest BCUT2D eigenvalue weighted by atomic mass is 16.3. The minimum absolute atomic E-state index is 1.03. The smallest absolute Gasteiger partial charge is 0.143 e. The van der Waals surface area contributed by atoms with Crippen molar-refractivity contribution in [3.63, 3.8) is 0 Å². The Bertz CT molecular complexity index is 3860. The number of fused-ring (bicyclic) bond motifs is 6. The van der Waals surface area contributed by atoms with Crippen LogP contribution in [0, 0.1) is 0 Å². The van der Waals surface area contributed by atoms with Gasteiger partial charge in [-0.2, -0.15) is 0 Å². The predicted molar refractivity (Wildman–Crippen MR) is 395 cm³/mol. The lowest BCUT2D eigenvalue weighted by atomic mass is 9.55. The molecule has 0 unspecified atom stereocenters. The van der Waals surface area contributed by atoms with Gasteiger partial charge in [0.05, 0.1) is 0 Å². The predicted octanol–water partition coefficient (Wildman–Crippen LogP) is -33.2. The van der Waals surface area contributed by atoms with E-state index in [0.717, 1.165) is 11.2 Å². The maximum absolute atomic E-state index is 7.26. The van der Waals surface area contributed by atoms with E-state index in [1.165, 1.54) is 219 Å². The fraction of sp³-hybridized carbons (Fsp3) is 0. The fourth-order valence-corrected chi connectivity index (χ4v) is 13.6. The van der Waals surface area contributed by atoms with Crippen LogP contribution in [-0.4, -0.2) is 204 Å². The lowest BCUT2D eigenvalue weighted by molar-refractivity contribution is 0.675. The minimum Gasteiger partial charge on any atom is -0.457 e. The van der Waals surface area contributed by atoms with Gasteiger partial charge in [0.2, 0.25) is 0 Å². The Morgan fingerprint density at radius 2 is 0.348 bits per heavy atom. The van der Waals surface area contributed by atoms with E-state index in [1.54, 1.807) is 0 Å². The summed E-state index contributed by atoms with van der Waals surface area (Å²) in [5.74, 6) is 0. The molecular formula is C42H52B26O. The number of benzene rings is 8. The maximum atomic E-state index is 7.26. The molecule has 0 fully saturated rings. The van der Waals surface area contributed by atoms with Gasteiger partial charge in [0.15, 0.2) is 0 Å². The van der Waals surface area contributed by atoms with Crippen molar-refractivity contribution < 1.29 is 4.42 Å². The van der Waals surface area contributed by atoms with Crippen molar-refractivity contribution in [2.45, 2.75) is 0 Å². The molecule has 9 aromatic rings. The average Bonchev–Trinajstić information content (AvgIpc) is 3.72. The first-order valence-corrected chi connectivity index (χ1v) is 25.7. The first-order valence-electron chi connectivity index (χ1n) is 25.7. The highest BCUT2D eigenvalue weighted by Gasteiger charge is 2.32. The third-order valence-electron chi connectivity index (χ3n) is 20.0. The molecule has 304 valence electrons. The summed E-state index contributed by atoms with van der Waals surface area (Å²) in [6.07, 6.45) is 0.